The van der Waals surface area contributed by atoms with Crippen molar-refractivity contribution in [3.63, 3.8) is 0 Å². The molecule has 2 saturated heterocycles. The van der Waals surface area contributed by atoms with Crippen LogP contribution in [0, 0.1) is 16.2 Å². The Morgan fingerprint density at radius 3 is 0.942 bits per heavy atom. The van der Waals surface area contributed by atoms with E-state index in [0.717, 1.165) is 110 Å². The predicted octanol–water partition coefficient (Wildman–Crippen LogP) is 19.9. The molecule has 32 heteroatoms. The van der Waals surface area contributed by atoms with Gasteiger partial charge in [-0.3, -0.25) is 54.2 Å². The SMILES string of the molecule is CC(=N)c1ccc(C(=O)Cc2ccc(N(C)C)cc2C(=O)Nc2ccc(Cl)cn2)cc1.CN(C)c1cc(Cl)cc(C(=O)Nc2ccc(Cl)cn2)c1CC(=O)c1ccc(C(=N)N2CCCCC2)cc1.CN(C)c1ccc(CC(=O)c2ccc(C(=N)N3CCCC3)cc2)c(C(=O)Nc2ccc(Cl)cn2)c1.CN1CCN=C1c1ccc(C(=O)Cc2ccc(N(C)C)cc2C(=O)Nc2ccc(Cl)cn2)cc1. The third-order valence-corrected chi connectivity index (χ3v) is 24.1. The van der Waals surface area contributed by atoms with Crippen molar-refractivity contribution >= 4 is 174 Å². The number of anilines is 8. The molecule has 15 rings (SSSR count). The van der Waals surface area contributed by atoms with E-state index < -0.39 is 5.91 Å². The van der Waals surface area contributed by atoms with Crippen LogP contribution in [-0.2, 0) is 25.7 Å². The summed E-state index contributed by atoms with van der Waals surface area (Å²) in [5.41, 5.74) is 13.2. The summed E-state index contributed by atoms with van der Waals surface area (Å²) in [6.45, 7) is 6.96. The minimum absolute atomic E-state index is 0.00437. The van der Waals surface area contributed by atoms with Gasteiger partial charge in [-0.05, 0) is 164 Å². The smallest absolute Gasteiger partial charge is 0.257 e. The molecule has 3 aliphatic rings. The van der Waals surface area contributed by atoms with Crippen LogP contribution in [0.1, 0.15) is 166 Å². The Morgan fingerprint density at radius 1 is 0.336 bits per heavy atom. The molecule has 0 bridgehead atoms. The molecule has 0 saturated carbocycles. The second-order valence-electron chi connectivity index (χ2n) is 33.7. The van der Waals surface area contributed by atoms with Crippen LogP contribution in [0.2, 0.25) is 25.1 Å². The largest absolute Gasteiger partial charge is 0.378 e. The third-order valence-electron chi connectivity index (χ3n) is 23.0. The molecule has 4 amide bonds. The monoisotopic (exact) mass is 1940 g/mol. The number of nitrogens with one attached hydrogen (secondary N) is 7. The van der Waals surface area contributed by atoms with Crippen molar-refractivity contribution in [2.45, 2.75) is 64.7 Å². The molecule has 704 valence electrons. The Hall–Kier alpha value is -14.4. The number of aromatic nitrogens is 4. The first kappa shape index (κ1) is 102. The van der Waals surface area contributed by atoms with Gasteiger partial charge in [-0.15, -0.1) is 0 Å². The van der Waals surface area contributed by atoms with Gasteiger partial charge in [0.1, 0.15) is 40.8 Å². The number of carbonyl (C=O) groups excluding carboxylic acids is 8. The number of carbonyl (C=O) groups is 8. The van der Waals surface area contributed by atoms with E-state index in [2.05, 4.69) is 60.9 Å². The maximum absolute atomic E-state index is 13.4. The molecule has 4 aromatic heterocycles. The van der Waals surface area contributed by atoms with E-state index >= 15 is 0 Å². The maximum atomic E-state index is 13.4. The van der Waals surface area contributed by atoms with Gasteiger partial charge in [0.05, 0.1) is 26.6 Å². The molecule has 0 aliphatic carbocycles. The number of amidine groups is 3. The lowest BCUT2D eigenvalue weighted by atomic mass is 9.95. The highest BCUT2D eigenvalue weighted by atomic mass is 35.5. The molecular weight excluding hydrogens is 1830 g/mol. The van der Waals surface area contributed by atoms with Crippen LogP contribution in [0.5, 0.6) is 0 Å². The highest BCUT2D eigenvalue weighted by Gasteiger charge is 2.27. The zero-order chi connectivity index (χ0) is 98.3. The zero-order valence-electron chi connectivity index (χ0n) is 77.6. The van der Waals surface area contributed by atoms with E-state index in [-0.39, 0.29) is 66.5 Å². The average Bonchev–Trinajstić information content (AvgIpc) is 1.00. The minimum atomic E-state index is -0.423. The Bertz CT molecular complexity index is 6450. The summed E-state index contributed by atoms with van der Waals surface area (Å²) < 4.78 is 0. The van der Waals surface area contributed by atoms with E-state index in [9.17, 15) is 38.4 Å². The topological polar surface area (TPSA) is 343 Å². The van der Waals surface area contributed by atoms with Crippen molar-refractivity contribution in [2.24, 2.45) is 4.99 Å². The quantitative estimate of drug-likeness (QED) is 0.0136. The molecule has 0 unspecified atom stereocenters. The number of nitrogens with zero attached hydrogens (tertiary/aromatic N) is 12. The van der Waals surface area contributed by atoms with Crippen molar-refractivity contribution in [2.75, 3.05) is 144 Å². The first-order valence-corrected chi connectivity index (χ1v) is 46.1. The summed E-state index contributed by atoms with van der Waals surface area (Å²) in [5, 5.41) is 38.0. The molecule has 3 aliphatic heterocycles. The lowest BCUT2D eigenvalue weighted by Gasteiger charge is -2.29. The van der Waals surface area contributed by atoms with Gasteiger partial charge in [0, 0.05) is 241 Å². The number of aliphatic imine (C=N–C) groups is 1. The number of hydrogen-bond donors (Lipinski definition) is 7. The van der Waals surface area contributed by atoms with E-state index in [1.165, 1.54) is 31.2 Å². The molecule has 7 heterocycles. The maximum Gasteiger partial charge on any atom is 0.257 e. The number of piperidine rings is 1. The number of likely N-dealkylation sites (N-methyl/N-ethyl adjacent to an activating group) is 1. The fourth-order valence-corrected chi connectivity index (χ4v) is 15.9. The number of Topliss-reactive ketones (excluding diaryl/α,β-unsaturated/α-hetero) is 4. The highest BCUT2D eigenvalue weighted by molar-refractivity contribution is 6.32. The number of ketones is 4. The van der Waals surface area contributed by atoms with Crippen molar-refractivity contribution in [3.8, 4) is 0 Å². The van der Waals surface area contributed by atoms with Gasteiger partial charge in [0.25, 0.3) is 23.6 Å². The Balaban J connectivity index is 0.000000164. The molecule has 7 N–H and O–H groups in total. The Kier molecular flexibility index (Phi) is 35.4. The number of benzene rings is 8. The van der Waals surface area contributed by atoms with Gasteiger partial charge >= 0.3 is 0 Å². The van der Waals surface area contributed by atoms with E-state index in [0.29, 0.717) is 138 Å². The molecule has 8 aromatic carbocycles. The Labute approximate surface area is 822 Å². The van der Waals surface area contributed by atoms with Gasteiger partial charge in [-0.25, -0.2) is 19.9 Å². The van der Waals surface area contributed by atoms with Crippen molar-refractivity contribution in [1.82, 2.24) is 34.6 Å². The number of rotatable bonds is 28. The first-order chi connectivity index (χ1) is 65.6. The van der Waals surface area contributed by atoms with Crippen LogP contribution in [0.15, 0.2) is 242 Å². The van der Waals surface area contributed by atoms with Crippen LogP contribution in [0.25, 0.3) is 0 Å². The standard InChI is InChI=1S/C28H29Cl2N5O2.C27H28ClN5O2.C26H26ClN5O2.C24H23ClN4O2/c1-34(2)24-15-21(30)14-23(28(37)33-26-11-10-20(29)17-32-26)22(24)16-25(36)18-6-8-19(9-7-18)27(31)35-12-4-3-5-13-35;1-32(2)22-11-9-20(23(16-22)27(35)31-25-12-10-21(28)17-30-25)15-24(34)18-5-7-19(8-6-18)26(29)33-13-3-4-14-33;1-31(2)21-10-8-19(22(15-21)26(34)30-24-11-9-20(27)16-29-24)14-23(33)17-4-6-18(7-5-17)25-28-12-13-32(25)3;1-15(26)16-4-6-17(7-5-16)22(30)12-18-8-10-20(29(2)3)13-21(18)24(31)28-23-11-9-19(25)14-27-23/h6-11,14-15,17,31H,3-5,12-13,16H2,1-2H3,(H,32,33,37);5-12,16-17,29H,3-4,13-15H2,1-2H3,(H,30,31,35);4-11,15-16H,12-14H2,1-3H3,(H,29,30,34);4-11,13-14,26H,12H2,1-3H3,(H,27,28,31). The van der Waals surface area contributed by atoms with Gasteiger partial charge < -0.3 is 61.0 Å². The summed E-state index contributed by atoms with van der Waals surface area (Å²) >= 11 is 29.9. The van der Waals surface area contributed by atoms with E-state index in [1.807, 2.05) is 162 Å². The van der Waals surface area contributed by atoms with Gasteiger partial charge in [0.15, 0.2) is 23.1 Å². The van der Waals surface area contributed by atoms with Gasteiger partial charge in [0.2, 0.25) is 0 Å². The number of halogens is 5. The first-order valence-electron chi connectivity index (χ1n) is 44.2. The van der Waals surface area contributed by atoms with Crippen LogP contribution in [0.4, 0.5) is 46.0 Å². The fraction of sp³-hybridized carbons (Fsp3) is 0.238. The second-order valence-corrected chi connectivity index (χ2v) is 35.9. The Morgan fingerprint density at radius 2 is 0.642 bits per heavy atom. The van der Waals surface area contributed by atoms with Crippen LogP contribution in [0.3, 0.4) is 0 Å². The zero-order valence-corrected chi connectivity index (χ0v) is 81.4. The van der Waals surface area contributed by atoms with Crippen LogP contribution < -0.4 is 40.9 Å². The highest BCUT2D eigenvalue weighted by Crippen LogP contribution is 2.33. The molecule has 0 radical (unpaired) electrons. The van der Waals surface area contributed by atoms with Gasteiger partial charge in [-0.1, -0.05) is 173 Å². The fourth-order valence-electron chi connectivity index (χ4n) is 15.3. The molecule has 27 nitrogen and oxygen atoms in total. The normalized spacial score (nSPS) is 12.5. The summed E-state index contributed by atoms with van der Waals surface area (Å²) in [6.07, 6.45) is 11.7. The average molecular weight is 1940 g/mol. The van der Waals surface area contributed by atoms with E-state index in [1.54, 1.807) is 140 Å². The summed E-state index contributed by atoms with van der Waals surface area (Å²) in [4.78, 5) is 140. The molecule has 12 aromatic rings. The second kappa shape index (κ2) is 47.7. The molecular formula is C105H106Cl5N19O8. The summed E-state index contributed by atoms with van der Waals surface area (Å²) in [6, 6.07) is 61.5. The summed E-state index contributed by atoms with van der Waals surface area (Å²) in [7, 11) is 17.0. The molecule has 0 atom stereocenters. The van der Waals surface area contributed by atoms with Crippen molar-refractivity contribution < 1.29 is 38.4 Å². The van der Waals surface area contributed by atoms with Crippen molar-refractivity contribution in [3.05, 3.63) is 351 Å². The van der Waals surface area contributed by atoms with Crippen LogP contribution >= 0.6 is 58.0 Å². The lowest BCUT2D eigenvalue weighted by molar-refractivity contribution is 0.0980. The minimum Gasteiger partial charge on any atom is -0.378 e. The number of amides is 4. The van der Waals surface area contributed by atoms with Crippen molar-refractivity contribution in [1.29, 1.82) is 16.2 Å². The van der Waals surface area contributed by atoms with Crippen LogP contribution in [-0.4, -0.2) is 207 Å². The summed E-state index contributed by atoms with van der Waals surface area (Å²) in [5.74, 6) is 1.54. The number of pyridine rings is 4. The predicted molar refractivity (Wildman–Crippen MR) is 551 cm³/mol. The molecule has 2 fully saturated rings. The number of hydrogen-bond acceptors (Lipinski definition) is 21. The lowest BCUT2D eigenvalue weighted by Crippen LogP contribution is -2.35. The number of likely N-dealkylation sites (tertiary alicyclic amines) is 2. The van der Waals surface area contributed by atoms with E-state index in [4.69, 9.17) is 74.2 Å². The molecule has 0 spiro atoms. The van der Waals surface area contributed by atoms with Gasteiger partial charge in [-0.2, -0.15) is 0 Å². The third kappa shape index (κ3) is 27.9. The molecule has 137 heavy (non-hydrogen) atoms.